The first kappa shape index (κ1) is 14.8. The van der Waals surface area contributed by atoms with E-state index in [9.17, 15) is 9.90 Å². The van der Waals surface area contributed by atoms with Crippen LogP contribution in [-0.2, 0) is 24.2 Å². The SMILES string of the molecule is O=C(O)C1CCc2[nH]c3ccc(OCc4ccccc4)cc3c2C1. The van der Waals surface area contributed by atoms with E-state index in [1.54, 1.807) is 0 Å². The summed E-state index contributed by atoms with van der Waals surface area (Å²) in [7, 11) is 0. The van der Waals surface area contributed by atoms with Gasteiger partial charge in [-0.15, -0.1) is 0 Å². The summed E-state index contributed by atoms with van der Waals surface area (Å²) in [6.45, 7) is 0.525. The van der Waals surface area contributed by atoms with Gasteiger partial charge in [-0.2, -0.15) is 0 Å². The molecule has 0 radical (unpaired) electrons. The highest BCUT2D eigenvalue weighted by molar-refractivity contribution is 5.87. The Hall–Kier alpha value is -2.75. The van der Waals surface area contributed by atoms with Crippen molar-refractivity contribution >= 4 is 16.9 Å². The molecule has 2 N–H and O–H groups in total. The van der Waals surface area contributed by atoms with Crippen LogP contribution in [0.1, 0.15) is 23.2 Å². The Labute approximate surface area is 140 Å². The summed E-state index contributed by atoms with van der Waals surface area (Å²) in [5.41, 5.74) is 4.48. The lowest BCUT2D eigenvalue weighted by Crippen LogP contribution is -2.21. The highest BCUT2D eigenvalue weighted by atomic mass is 16.5. The number of hydrogen-bond acceptors (Lipinski definition) is 2. The lowest BCUT2D eigenvalue weighted by Gasteiger charge is -2.18. The van der Waals surface area contributed by atoms with Crippen LogP contribution in [0.15, 0.2) is 48.5 Å². The number of H-pyrrole nitrogens is 1. The van der Waals surface area contributed by atoms with Gasteiger partial charge in [-0.3, -0.25) is 4.79 Å². The van der Waals surface area contributed by atoms with E-state index in [0.717, 1.165) is 34.2 Å². The quantitative estimate of drug-likeness (QED) is 0.765. The Morgan fingerprint density at radius 1 is 1.21 bits per heavy atom. The van der Waals surface area contributed by atoms with Crippen LogP contribution < -0.4 is 4.74 Å². The van der Waals surface area contributed by atoms with E-state index in [4.69, 9.17) is 4.74 Å². The number of carbonyl (C=O) groups is 1. The Balaban J connectivity index is 1.61. The molecule has 0 saturated heterocycles. The largest absolute Gasteiger partial charge is 0.489 e. The summed E-state index contributed by atoms with van der Waals surface area (Å²) < 4.78 is 5.90. The Morgan fingerprint density at radius 3 is 2.83 bits per heavy atom. The second kappa shape index (κ2) is 6.04. The van der Waals surface area contributed by atoms with E-state index in [0.29, 0.717) is 19.4 Å². The molecule has 0 fully saturated rings. The van der Waals surface area contributed by atoms with Crippen molar-refractivity contribution < 1.29 is 14.6 Å². The van der Waals surface area contributed by atoms with E-state index in [2.05, 4.69) is 4.98 Å². The number of hydrogen-bond donors (Lipinski definition) is 2. The molecule has 0 spiro atoms. The summed E-state index contributed by atoms with van der Waals surface area (Å²) in [6.07, 6.45) is 2.08. The molecule has 1 heterocycles. The number of aryl methyl sites for hydroxylation is 1. The standard InChI is InChI=1S/C20H19NO3/c22-20(23)14-6-8-18-16(10-14)17-11-15(7-9-19(17)21-18)24-12-13-4-2-1-3-5-13/h1-5,7,9,11,14,21H,6,8,10,12H2,(H,22,23). The number of carboxylic acids is 1. The summed E-state index contributed by atoms with van der Waals surface area (Å²) in [5.74, 6) is -0.178. The van der Waals surface area contributed by atoms with Crippen molar-refractivity contribution in [1.29, 1.82) is 0 Å². The third-order valence-corrected chi connectivity index (χ3v) is 4.76. The van der Waals surface area contributed by atoms with Crippen molar-refractivity contribution in [1.82, 2.24) is 4.98 Å². The van der Waals surface area contributed by atoms with Gasteiger partial charge in [0.25, 0.3) is 0 Å². The maximum atomic E-state index is 11.3. The molecule has 3 aromatic rings. The number of aromatic amines is 1. The molecule has 0 amide bonds. The van der Waals surface area contributed by atoms with Gasteiger partial charge in [0.2, 0.25) is 0 Å². The lowest BCUT2D eigenvalue weighted by molar-refractivity contribution is -0.142. The van der Waals surface area contributed by atoms with Crippen molar-refractivity contribution in [2.24, 2.45) is 5.92 Å². The highest BCUT2D eigenvalue weighted by Crippen LogP contribution is 2.33. The highest BCUT2D eigenvalue weighted by Gasteiger charge is 2.27. The molecule has 1 aliphatic carbocycles. The molecular weight excluding hydrogens is 302 g/mol. The van der Waals surface area contributed by atoms with Gasteiger partial charge in [0.15, 0.2) is 0 Å². The third-order valence-electron chi connectivity index (χ3n) is 4.76. The van der Waals surface area contributed by atoms with Crippen molar-refractivity contribution in [2.45, 2.75) is 25.9 Å². The fraction of sp³-hybridized carbons (Fsp3) is 0.250. The molecule has 0 aliphatic heterocycles. The van der Waals surface area contributed by atoms with Gasteiger partial charge in [-0.25, -0.2) is 0 Å². The number of aromatic nitrogens is 1. The first-order chi connectivity index (χ1) is 11.7. The monoisotopic (exact) mass is 321 g/mol. The summed E-state index contributed by atoms with van der Waals surface area (Å²) in [4.78, 5) is 14.7. The van der Waals surface area contributed by atoms with Crippen LogP contribution in [0, 0.1) is 5.92 Å². The molecule has 2 aromatic carbocycles. The predicted octanol–water partition coefficient (Wildman–Crippen LogP) is 3.94. The Morgan fingerprint density at radius 2 is 2.04 bits per heavy atom. The van der Waals surface area contributed by atoms with Gasteiger partial charge in [-0.1, -0.05) is 30.3 Å². The zero-order valence-electron chi connectivity index (χ0n) is 13.3. The van der Waals surface area contributed by atoms with E-state index in [1.165, 1.54) is 5.69 Å². The van der Waals surface area contributed by atoms with Crippen molar-refractivity contribution in [3.05, 3.63) is 65.4 Å². The number of fused-ring (bicyclic) bond motifs is 3. The molecule has 1 aromatic heterocycles. The molecule has 122 valence electrons. The molecule has 1 unspecified atom stereocenters. The molecular formula is C20H19NO3. The van der Waals surface area contributed by atoms with Crippen LogP contribution in [0.3, 0.4) is 0 Å². The molecule has 4 rings (SSSR count). The van der Waals surface area contributed by atoms with Gasteiger partial charge in [0.05, 0.1) is 5.92 Å². The van der Waals surface area contributed by atoms with Crippen molar-refractivity contribution in [3.63, 3.8) is 0 Å². The van der Waals surface area contributed by atoms with Crippen molar-refractivity contribution in [2.75, 3.05) is 0 Å². The Bertz CT molecular complexity index is 883. The van der Waals surface area contributed by atoms with Crippen molar-refractivity contribution in [3.8, 4) is 5.75 Å². The van der Waals surface area contributed by atoms with Crippen LogP contribution in [0.2, 0.25) is 0 Å². The summed E-state index contributed by atoms with van der Waals surface area (Å²) in [5, 5.41) is 10.4. The average Bonchev–Trinajstić information content (AvgIpc) is 2.98. The fourth-order valence-corrected chi connectivity index (χ4v) is 3.44. The first-order valence-corrected chi connectivity index (χ1v) is 8.24. The van der Waals surface area contributed by atoms with Gasteiger partial charge in [-0.05, 0) is 48.6 Å². The smallest absolute Gasteiger partial charge is 0.306 e. The molecule has 4 heteroatoms. The van der Waals surface area contributed by atoms with E-state index < -0.39 is 5.97 Å². The Kier molecular flexibility index (Phi) is 3.73. The molecule has 0 bridgehead atoms. The van der Waals surface area contributed by atoms with Crippen LogP contribution >= 0.6 is 0 Å². The number of ether oxygens (including phenoxy) is 1. The zero-order chi connectivity index (χ0) is 16.5. The number of benzene rings is 2. The van der Waals surface area contributed by atoms with Gasteiger partial charge < -0.3 is 14.8 Å². The molecule has 1 aliphatic rings. The van der Waals surface area contributed by atoms with Crippen LogP contribution in [0.25, 0.3) is 10.9 Å². The van der Waals surface area contributed by atoms with Gasteiger partial charge in [0, 0.05) is 16.6 Å². The second-order valence-corrected chi connectivity index (χ2v) is 6.34. The normalized spacial score (nSPS) is 16.8. The topological polar surface area (TPSA) is 62.3 Å². The predicted molar refractivity (Wildman–Crippen MR) is 92.2 cm³/mol. The minimum absolute atomic E-state index is 0.287. The maximum Gasteiger partial charge on any atom is 0.306 e. The minimum atomic E-state index is -0.702. The van der Waals surface area contributed by atoms with E-state index in [1.807, 2.05) is 48.5 Å². The van der Waals surface area contributed by atoms with E-state index in [-0.39, 0.29) is 5.92 Å². The number of nitrogens with one attached hydrogen (secondary N) is 1. The maximum absolute atomic E-state index is 11.3. The van der Waals surface area contributed by atoms with Crippen LogP contribution in [0.5, 0.6) is 5.75 Å². The number of rotatable bonds is 4. The lowest BCUT2D eigenvalue weighted by atomic mass is 9.86. The summed E-state index contributed by atoms with van der Waals surface area (Å²) >= 11 is 0. The fourth-order valence-electron chi connectivity index (χ4n) is 3.44. The minimum Gasteiger partial charge on any atom is -0.489 e. The first-order valence-electron chi connectivity index (χ1n) is 8.24. The number of aliphatic carboxylic acids is 1. The molecule has 24 heavy (non-hydrogen) atoms. The third kappa shape index (κ3) is 2.75. The molecule has 1 atom stereocenters. The van der Waals surface area contributed by atoms with Gasteiger partial charge in [0.1, 0.15) is 12.4 Å². The van der Waals surface area contributed by atoms with Gasteiger partial charge >= 0.3 is 5.97 Å². The zero-order valence-corrected chi connectivity index (χ0v) is 13.3. The van der Waals surface area contributed by atoms with E-state index >= 15 is 0 Å². The van der Waals surface area contributed by atoms with Crippen LogP contribution in [-0.4, -0.2) is 16.1 Å². The molecule has 4 nitrogen and oxygen atoms in total. The average molecular weight is 321 g/mol. The number of carboxylic acid groups (broad SMARTS) is 1. The molecule has 0 saturated carbocycles. The van der Waals surface area contributed by atoms with Crippen LogP contribution in [0.4, 0.5) is 0 Å². The second-order valence-electron chi connectivity index (χ2n) is 6.34. The summed E-state index contributed by atoms with van der Waals surface area (Å²) in [6, 6.07) is 16.1.